The molecule has 15 N–H and O–H groups in total. The molecule has 21 heteroatoms. The summed E-state index contributed by atoms with van der Waals surface area (Å²) in [6, 6.07) is 9.42. The van der Waals surface area contributed by atoms with Crippen LogP contribution in [-0.4, -0.2) is 101 Å². The molecule has 2 aliphatic rings. The van der Waals surface area contributed by atoms with Crippen molar-refractivity contribution in [1.29, 1.82) is 0 Å². The summed E-state index contributed by atoms with van der Waals surface area (Å²) >= 11 is 0. The fraction of sp³-hybridized carbons (Fsp3) is 0.156. The topological polar surface area (TPSA) is 375 Å². The highest BCUT2D eigenvalue weighted by molar-refractivity contribution is 5.93. The van der Waals surface area contributed by atoms with E-state index in [-0.39, 0.29) is 28.4 Å². The highest BCUT2D eigenvalue weighted by Gasteiger charge is 2.44. The summed E-state index contributed by atoms with van der Waals surface area (Å²) in [4.78, 5) is 27.4. The first-order valence-electron chi connectivity index (χ1n) is 19.3. The number of ether oxygens (including phenoxy) is 4. The number of aryl methyl sites for hydroxylation is 1. The van der Waals surface area contributed by atoms with Gasteiger partial charge in [0.05, 0.1) is 11.1 Å². The molecule has 4 atom stereocenters. The molecular formula is C45H36O21. The Balaban J connectivity index is 1.34. The molecule has 342 valence electrons. The van der Waals surface area contributed by atoms with E-state index in [0.717, 1.165) is 48.5 Å². The van der Waals surface area contributed by atoms with Crippen LogP contribution in [0.5, 0.6) is 97.7 Å². The standard InChI is InChI=1S/C45H36O21/c1-14-2-22(47)18-12-32(65-44(61)15-4-24(49)36(55)25(50)5-15)42(63-30(18)3-14)20-10-28(53)38(57)40(59)34(20)35-21(11-29(54)39(58)41(35)60)43-33(13-19-23(48)8-17(46)9-31(19)64-43)66-45(62)16-6-26(51)37(56)27(52)7-16/h2-11,32-33,42-43,46-60H,12-13H2,1H3. The van der Waals surface area contributed by atoms with Gasteiger partial charge in [0.2, 0.25) is 11.5 Å². The molecule has 6 aromatic carbocycles. The molecule has 0 spiro atoms. The molecule has 0 amide bonds. The summed E-state index contributed by atoms with van der Waals surface area (Å²) in [5.41, 5.74) is -3.00. The Morgan fingerprint density at radius 2 is 0.803 bits per heavy atom. The van der Waals surface area contributed by atoms with E-state index in [0.29, 0.717) is 5.56 Å². The van der Waals surface area contributed by atoms with Crippen molar-refractivity contribution < 1.29 is 105 Å². The molecule has 0 saturated heterocycles. The van der Waals surface area contributed by atoms with E-state index >= 15 is 0 Å². The van der Waals surface area contributed by atoms with Gasteiger partial charge in [-0.1, -0.05) is 0 Å². The maximum Gasteiger partial charge on any atom is 0.338 e. The second-order valence-electron chi connectivity index (χ2n) is 15.4. The van der Waals surface area contributed by atoms with Crippen LogP contribution in [0.25, 0.3) is 11.1 Å². The van der Waals surface area contributed by atoms with E-state index in [9.17, 15) is 86.2 Å². The van der Waals surface area contributed by atoms with Gasteiger partial charge in [0.25, 0.3) is 0 Å². The van der Waals surface area contributed by atoms with Crippen LogP contribution in [0, 0.1) is 6.92 Å². The molecule has 8 rings (SSSR count). The van der Waals surface area contributed by atoms with Crippen molar-refractivity contribution >= 4 is 11.9 Å². The smallest absolute Gasteiger partial charge is 0.338 e. The van der Waals surface area contributed by atoms with Crippen molar-refractivity contribution in [1.82, 2.24) is 0 Å². The number of hydrogen-bond donors (Lipinski definition) is 15. The minimum absolute atomic E-state index is 0.0363. The fourth-order valence-electron chi connectivity index (χ4n) is 7.94. The summed E-state index contributed by atoms with van der Waals surface area (Å²) in [7, 11) is 0. The number of fused-ring (bicyclic) bond motifs is 2. The van der Waals surface area contributed by atoms with Crippen molar-refractivity contribution in [2.75, 3.05) is 0 Å². The fourth-order valence-corrected chi connectivity index (χ4v) is 7.94. The second-order valence-corrected chi connectivity index (χ2v) is 15.4. The Labute approximate surface area is 369 Å². The predicted octanol–water partition coefficient (Wildman–Crippen LogP) is 5.05. The van der Waals surface area contributed by atoms with Gasteiger partial charge in [0.1, 0.15) is 41.0 Å². The number of rotatable bonds is 7. The van der Waals surface area contributed by atoms with Crippen LogP contribution in [0.2, 0.25) is 0 Å². The molecule has 0 aromatic heterocycles. The molecule has 6 aromatic rings. The number of carbonyl (C=O) groups excluding carboxylic acids is 2. The monoisotopic (exact) mass is 912 g/mol. The summed E-state index contributed by atoms with van der Waals surface area (Å²) in [6.07, 6.45) is -7.86. The second kappa shape index (κ2) is 15.9. The van der Waals surface area contributed by atoms with Crippen molar-refractivity contribution in [3.05, 3.63) is 99.6 Å². The molecule has 2 heterocycles. The van der Waals surface area contributed by atoms with Crippen LogP contribution in [-0.2, 0) is 22.3 Å². The number of phenols is 15. The molecule has 0 saturated carbocycles. The normalized spacial score (nSPS) is 17.4. The van der Waals surface area contributed by atoms with Gasteiger partial charge in [-0.15, -0.1) is 0 Å². The lowest BCUT2D eigenvalue weighted by Crippen LogP contribution is -2.36. The first kappa shape index (κ1) is 43.5. The SMILES string of the molecule is Cc1cc(O)c2c(c1)OC(c1cc(O)c(O)c(O)c1-c1c(C3Oc4cc(O)cc(O)c4CC3OC(=O)c3cc(O)c(O)c(O)c3)cc(O)c(O)c1O)C(OC(=O)c1cc(O)c(O)c(O)c1)C2. The average molecular weight is 913 g/mol. The Morgan fingerprint density at radius 3 is 1.21 bits per heavy atom. The molecule has 66 heavy (non-hydrogen) atoms. The van der Waals surface area contributed by atoms with E-state index < -0.39 is 163 Å². The number of hydrogen-bond acceptors (Lipinski definition) is 21. The zero-order valence-corrected chi connectivity index (χ0v) is 33.7. The number of carbonyl (C=O) groups is 2. The van der Waals surface area contributed by atoms with Crippen LogP contribution < -0.4 is 9.47 Å². The Kier molecular flexibility index (Phi) is 10.5. The Morgan fingerprint density at radius 1 is 0.439 bits per heavy atom. The number of aromatic hydroxyl groups is 15. The van der Waals surface area contributed by atoms with Crippen LogP contribution >= 0.6 is 0 Å². The third kappa shape index (κ3) is 7.38. The molecular weight excluding hydrogens is 876 g/mol. The van der Waals surface area contributed by atoms with Crippen LogP contribution in [0.15, 0.2) is 60.7 Å². The molecule has 4 unspecified atom stereocenters. The Hall–Kier alpha value is -9.14. The van der Waals surface area contributed by atoms with Gasteiger partial charge in [-0.3, -0.25) is 0 Å². The summed E-state index contributed by atoms with van der Waals surface area (Å²) in [5.74, 6) is -16.9. The van der Waals surface area contributed by atoms with Crippen molar-refractivity contribution in [3.63, 3.8) is 0 Å². The van der Waals surface area contributed by atoms with Crippen LogP contribution in [0.1, 0.15) is 60.7 Å². The van der Waals surface area contributed by atoms with Crippen molar-refractivity contribution in [3.8, 4) is 109 Å². The minimum atomic E-state index is -1.84. The van der Waals surface area contributed by atoms with Gasteiger partial charge >= 0.3 is 11.9 Å². The highest BCUT2D eigenvalue weighted by Crippen LogP contribution is 2.58. The maximum absolute atomic E-state index is 13.7. The zero-order valence-electron chi connectivity index (χ0n) is 33.7. The lowest BCUT2D eigenvalue weighted by Gasteiger charge is -2.37. The minimum Gasteiger partial charge on any atom is -0.508 e. The van der Waals surface area contributed by atoms with Crippen molar-refractivity contribution in [2.24, 2.45) is 0 Å². The van der Waals surface area contributed by atoms with E-state index in [4.69, 9.17) is 18.9 Å². The molecule has 2 aliphatic heterocycles. The van der Waals surface area contributed by atoms with E-state index in [1.165, 1.54) is 12.1 Å². The molecule has 0 radical (unpaired) electrons. The first-order chi connectivity index (χ1) is 31.1. The average Bonchev–Trinajstić information content (AvgIpc) is 3.25. The maximum atomic E-state index is 13.7. The lowest BCUT2D eigenvalue weighted by atomic mass is 9.83. The third-order valence-electron chi connectivity index (χ3n) is 11.1. The van der Waals surface area contributed by atoms with Crippen molar-refractivity contribution in [2.45, 2.75) is 44.2 Å². The largest absolute Gasteiger partial charge is 0.508 e. The van der Waals surface area contributed by atoms with Gasteiger partial charge in [0, 0.05) is 58.4 Å². The predicted molar refractivity (Wildman–Crippen MR) is 220 cm³/mol. The zero-order chi connectivity index (χ0) is 47.8. The lowest BCUT2D eigenvalue weighted by molar-refractivity contribution is -0.0196. The van der Waals surface area contributed by atoms with Gasteiger partial charge in [-0.05, 0) is 61.0 Å². The van der Waals surface area contributed by atoms with Crippen LogP contribution in [0.3, 0.4) is 0 Å². The molecule has 0 aliphatic carbocycles. The van der Waals surface area contributed by atoms with Gasteiger partial charge in [-0.2, -0.15) is 0 Å². The van der Waals surface area contributed by atoms with Gasteiger partial charge in [0.15, 0.2) is 69.7 Å². The highest BCUT2D eigenvalue weighted by atomic mass is 16.6. The van der Waals surface area contributed by atoms with Gasteiger partial charge in [-0.25, -0.2) is 9.59 Å². The van der Waals surface area contributed by atoms with E-state index in [1.807, 2.05) is 0 Å². The summed E-state index contributed by atoms with van der Waals surface area (Å²) in [5, 5.41) is 160. The van der Waals surface area contributed by atoms with E-state index in [2.05, 4.69) is 0 Å². The van der Waals surface area contributed by atoms with Gasteiger partial charge < -0.3 is 95.5 Å². The van der Waals surface area contributed by atoms with Crippen LogP contribution in [0.4, 0.5) is 0 Å². The molecule has 21 nitrogen and oxygen atoms in total. The van der Waals surface area contributed by atoms with E-state index in [1.54, 1.807) is 6.92 Å². The number of benzene rings is 6. The number of esters is 2. The third-order valence-corrected chi connectivity index (χ3v) is 11.1. The first-order valence-corrected chi connectivity index (χ1v) is 19.3. The molecule has 0 fully saturated rings. The quantitative estimate of drug-likeness (QED) is 0.0735. The number of phenolic OH excluding ortho intramolecular Hbond substituents is 15. The summed E-state index contributed by atoms with van der Waals surface area (Å²) in [6.45, 7) is 1.60. The summed E-state index contributed by atoms with van der Waals surface area (Å²) < 4.78 is 24.1. The Bertz CT molecular complexity index is 2780. The molecule has 0 bridgehead atoms.